The molecule has 1 aromatic rings. The van der Waals surface area contributed by atoms with Crippen molar-refractivity contribution in [2.24, 2.45) is 5.92 Å². The molecule has 1 aromatic carbocycles. The van der Waals surface area contributed by atoms with Crippen LogP contribution in [0.4, 0.5) is 0 Å². The van der Waals surface area contributed by atoms with Gasteiger partial charge in [-0.1, -0.05) is 29.8 Å². The summed E-state index contributed by atoms with van der Waals surface area (Å²) >= 11 is 6.16. The lowest BCUT2D eigenvalue weighted by atomic mass is 9.97. The summed E-state index contributed by atoms with van der Waals surface area (Å²) < 4.78 is 0. The van der Waals surface area contributed by atoms with Crippen LogP contribution >= 0.6 is 24.0 Å². The van der Waals surface area contributed by atoms with Crippen molar-refractivity contribution < 1.29 is 9.59 Å². The minimum atomic E-state index is -0.0402. The first-order valence-electron chi connectivity index (χ1n) is 9.16. The number of carbonyl (C=O) groups excluding carboxylic acids is 2. The van der Waals surface area contributed by atoms with Crippen molar-refractivity contribution in [2.75, 3.05) is 26.2 Å². The van der Waals surface area contributed by atoms with Crippen LogP contribution in [0.5, 0.6) is 0 Å². The van der Waals surface area contributed by atoms with E-state index in [1.165, 1.54) is 0 Å². The highest BCUT2D eigenvalue weighted by molar-refractivity contribution is 6.31. The second-order valence-corrected chi connectivity index (χ2v) is 7.42. The third-order valence-corrected chi connectivity index (χ3v) is 5.48. The Morgan fingerprint density at radius 1 is 1.23 bits per heavy atom. The van der Waals surface area contributed by atoms with Gasteiger partial charge in [0, 0.05) is 24.7 Å². The van der Waals surface area contributed by atoms with Crippen molar-refractivity contribution in [2.45, 2.75) is 38.1 Å². The zero-order valence-electron chi connectivity index (χ0n) is 14.9. The molecule has 0 radical (unpaired) electrons. The van der Waals surface area contributed by atoms with E-state index in [0.29, 0.717) is 30.5 Å². The van der Waals surface area contributed by atoms with Gasteiger partial charge in [-0.05, 0) is 49.8 Å². The van der Waals surface area contributed by atoms with Crippen molar-refractivity contribution >= 4 is 35.8 Å². The smallest absolute Gasteiger partial charge is 0.237 e. The lowest BCUT2D eigenvalue weighted by Gasteiger charge is -2.33. The zero-order chi connectivity index (χ0) is 17.6. The molecule has 2 atom stereocenters. The fraction of sp³-hybridized carbons (Fsp3) is 0.579. The maximum absolute atomic E-state index is 12.6. The number of benzene rings is 1. The van der Waals surface area contributed by atoms with Crippen LogP contribution in [0, 0.1) is 5.92 Å². The number of nitrogens with one attached hydrogen (secondary N) is 2. The van der Waals surface area contributed by atoms with Gasteiger partial charge in [0.15, 0.2) is 0 Å². The van der Waals surface area contributed by atoms with Gasteiger partial charge in [0.25, 0.3) is 0 Å². The molecule has 2 heterocycles. The quantitative estimate of drug-likeness (QED) is 0.798. The maximum atomic E-state index is 12.6. The van der Waals surface area contributed by atoms with E-state index in [1.807, 2.05) is 29.2 Å². The Bertz CT molecular complexity index is 621. The van der Waals surface area contributed by atoms with Gasteiger partial charge in [0.2, 0.25) is 11.8 Å². The molecule has 0 aliphatic carbocycles. The number of rotatable bonds is 5. The fourth-order valence-corrected chi connectivity index (χ4v) is 3.85. The van der Waals surface area contributed by atoms with Crippen molar-refractivity contribution in [1.29, 1.82) is 0 Å². The van der Waals surface area contributed by atoms with Crippen molar-refractivity contribution in [3.63, 3.8) is 0 Å². The van der Waals surface area contributed by atoms with Gasteiger partial charge in [0.1, 0.15) is 0 Å². The maximum Gasteiger partial charge on any atom is 0.237 e. The highest BCUT2D eigenvalue weighted by Gasteiger charge is 2.26. The average molecular weight is 400 g/mol. The first-order valence-corrected chi connectivity index (χ1v) is 9.53. The Kier molecular flexibility index (Phi) is 8.19. The summed E-state index contributed by atoms with van der Waals surface area (Å²) in [5, 5.41) is 6.91. The molecule has 2 unspecified atom stereocenters. The van der Waals surface area contributed by atoms with Crippen molar-refractivity contribution in [3.8, 4) is 0 Å². The SMILES string of the molecule is Cl.O=C(NCC1CCCN(C(=O)Cc2ccccc2Cl)C1)C1CCCN1. The summed E-state index contributed by atoms with van der Waals surface area (Å²) in [5.74, 6) is 0.535. The number of hydrogen-bond acceptors (Lipinski definition) is 3. The molecular weight excluding hydrogens is 373 g/mol. The van der Waals surface area contributed by atoms with Crippen molar-refractivity contribution in [3.05, 3.63) is 34.9 Å². The molecule has 2 saturated heterocycles. The van der Waals surface area contributed by atoms with E-state index in [9.17, 15) is 9.59 Å². The Balaban J connectivity index is 0.00000243. The molecule has 0 spiro atoms. The molecule has 144 valence electrons. The van der Waals surface area contributed by atoms with Crippen LogP contribution in [0.15, 0.2) is 24.3 Å². The molecular formula is C19H27Cl2N3O2. The third kappa shape index (κ3) is 5.60. The van der Waals surface area contributed by atoms with Gasteiger partial charge in [-0.25, -0.2) is 0 Å². The zero-order valence-corrected chi connectivity index (χ0v) is 16.5. The minimum Gasteiger partial charge on any atom is -0.354 e. The molecule has 2 aliphatic heterocycles. The van der Waals surface area contributed by atoms with E-state index in [1.54, 1.807) is 0 Å². The van der Waals surface area contributed by atoms with E-state index < -0.39 is 0 Å². The first-order chi connectivity index (χ1) is 12.1. The van der Waals surface area contributed by atoms with Gasteiger partial charge in [0.05, 0.1) is 12.5 Å². The second kappa shape index (κ2) is 10.1. The van der Waals surface area contributed by atoms with Gasteiger partial charge >= 0.3 is 0 Å². The van der Waals surface area contributed by atoms with E-state index in [0.717, 1.165) is 44.3 Å². The standard InChI is InChI=1S/C19H26ClN3O2.ClH/c20-16-7-2-1-6-15(16)11-18(24)23-10-4-5-14(13-23)12-22-19(25)17-8-3-9-21-17;/h1-2,6-7,14,17,21H,3-5,8-13H2,(H,22,25);1H. The Labute approximate surface area is 166 Å². The number of likely N-dealkylation sites (tertiary alicyclic amines) is 1. The van der Waals surface area contributed by atoms with Gasteiger partial charge in [-0.3, -0.25) is 9.59 Å². The summed E-state index contributed by atoms with van der Waals surface area (Å²) in [5.41, 5.74) is 0.872. The molecule has 0 aromatic heterocycles. The number of hydrogen-bond donors (Lipinski definition) is 2. The fourth-order valence-electron chi connectivity index (χ4n) is 3.65. The van der Waals surface area contributed by atoms with Crippen LogP contribution in [0.3, 0.4) is 0 Å². The molecule has 2 amide bonds. The number of amides is 2. The second-order valence-electron chi connectivity index (χ2n) is 7.01. The van der Waals surface area contributed by atoms with E-state index in [2.05, 4.69) is 10.6 Å². The molecule has 2 fully saturated rings. The number of piperidine rings is 1. The Hall–Kier alpha value is -1.30. The van der Waals surface area contributed by atoms with Crippen LogP contribution < -0.4 is 10.6 Å². The summed E-state index contributed by atoms with van der Waals surface area (Å²) in [4.78, 5) is 26.6. The average Bonchev–Trinajstić information content (AvgIpc) is 3.16. The molecule has 2 aliphatic rings. The van der Waals surface area contributed by atoms with Crippen molar-refractivity contribution in [1.82, 2.24) is 15.5 Å². The number of carbonyl (C=O) groups is 2. The molecule has 3 rings (SSSR count). The Morgan fingerprint density at radius 3 is 2.77 bits per heavy atom. The lowest BCUT2D eigenvalue weighted by molar-refractivity contribution is -0.132. The topological polar surface area (TPSA) is 61.4 Å². The molecule has 7 heteroatoms. The normalized spacial score (nSPS) is 22.6. The highest BCUT2D eigenvalue weighted by Crippen LogP contribution is 2.20. The van der Waals surface area contributed by atoms with Crippen LogP contribution in [0.2, 0.25) is 5.02 Å². The van der Waals surface area contributed by atoms with Gasteiger partial charge < -0.3 is 15.5 Å². The summed E-state index contributed by atoms with van der Waals surface area (Å²) in [6, 6.07) is 7.45. The molecule has 26 heavy (non-hydrogen) atoms. The largest absolute Gasteiger partial charge is 0.354 e. The number of nitrogens with zero attached hydrogens (tertiary/aromatic N) is 1. The van der Waals surface area contributed by atoms with Gasteiger partial charge in [-0.15, -0.1) is 12.4 Å². The minimum absolute atomic E-state index is 0. The first kappa shape index (κ1) is 21.0. The lowest BCUT2D eigenvalue weighted by Crippen LogP contribution is -2.47. The van der Waals surface area contributed by atoms with E-state index in [-0.39, 0.29) is 30.3 Å². The molecule has 0 saturated carbocycles. The van der Waals surface area contributed by atoms with Crippen LogP contribution in [0.1, 0.15) is 31.2 Å². The summed E-state index contributed by atoms with van der Waals surface area (Å²) in [6.45, 7) is 3.07. The van der Waals surface area contributed by atoms with E-state index >= 15 is 0 Å². The highest BCUT2D eigenvalue weighted by atomic mass is 35.5. The molecule has 5 nitrogen and oxygen atoms in total. The monoisotopic (exact) mass is 399 g/mol. The Morgan fingerprint density at radius 2 is 2.04 bits per heavy atom. The summed E-state index contributed by atoms with van der Waals surface area (Å²) in [6.07, 6.45) is 4.35. The molecule has 0 bridgehead atoms. The molecule has 2 N–H and O–H groups in total. The summed E-state index contributed by atoms with van der Waals surface area (Å²) in [7, 11) is 0. The van der Waals surface area contributed by atoms with Crippen LogP contribution in [0.25, 0.3) is 0 Å². The van der Waals surface area contributed by atoms with Gasteiger partial charge in [-0.2, -0.15) is 0 Å². The number of halogens is 2. The van der Waals surface area contributed by atoms with E-state index in [4.69, 9.17) is 11.6 Å². The predicted molar refractivity (Wildman–Crippen MR) is 106 cm³/mol. The predicted octanol–water partition coefficient (Wildman–Crippen LogP) is 2.41. The third-order valence-electron chi connectivity index (χ3n) is 5.11. The van der Waals surface area contributed by atoms with Crippen LogP contribution in [-0.4, -0.2) is 48.9 Å². The van der Waals surface area contributed by atoms with Crippen LogP contribution in [-0.2, 0) is 16.0 Å².